The van der Waals surface area contributed by atoms with Crippen molar-refractivity contribution in [2.45, 2.75) is 11.1 Å². The second kappa shape index (κ2) is 6.94. The predicted molar refractivity (Wildman–Crippen MR) is 111 cm³/mol. The molecule has 1 fully saturated rings. The maximum Gasteiger partial charge on any atom is 0.305 e. The number of anilines is 2. The second-order valence-electron chi connectivity index (χ2n) is 6.53. The van der Waals surface area contributed by atoms with Gasteiger partial charge in [0, 0.05) is 43.4 Å². The Morgan fingerprint density at radius 3 is 2.43 bits per heavy atom. The fourth-order valence-electron chi connectivity index (χ4n) is 3.23. The summed E-state index contributed by atoms with van der Waals surface area (Å²) in [5.41, 5.74) is -0.156. The van der Waals surface area contributed by atoms with E-state index in [9.17, 15) is 18.5 Å². The van der Waals surface area contributed by atoms with E-state index in [1.54, 1.807) is 17.7 Å². The minimum absolute atomic E-state index is 0.0166. The average Bonchev–Trinajstić information content (AvgIpc) is 3.24. The summed E-state index contributed by atoms with van der Waals surface area (Å²) in [6, 6.07) is 3.23. The predicted octanol–water partition coefficient (Wildman–Crippen LogP) is 2.70. The second-order valence-corrected chi connectivity index (χ2v) is 11.0. The van der Waals surface area contributed by atoms with Crippen molar-refractivity contribution in [2.24, 2.45) is 0 Å². The molecule has 4 rings (SSSR count). The number of hydrogen-bond donors (Lipinski definition) is 0. The van der Waals surface area contributed by atoms with Gasteiger partial charge in [-0.1, -0.05) is 11.3 Å². The van der Waals surface area contributed by atoms with Crippen molar-refractivity contribution in [2.75, 3.05) is 42.2 Å². The molecule has 0 atom stereocenters. The molecule has 148 valence electrons. The average molecular weight is 440 g/mol. The maximum absolute atomic E-state index is 11.8. The zero-order chi connectivity index (χ0) is 20.1. The zero-order valence-corrected chi connectivity index (χ0v) is 17.6. The van der Waals surface area contributed by atoms with Crippen LogP contribution in [0.15, 0.2) is 22.7 Å². The number of rotatable bonds is 4. The lowest BCUT2D eigenvalue weighted by Gasteiger charge is -2.35. The molecule has 0 saturated carbocycles. The minimum atomic E-state index is -3.49. The molecule has 0 radical (unpaired) electrons. The van der Waals surface area contributed by atoms with E-state index >= 15 is 0 Å². The van der Waals surface area contributed by atoms with Crippen LogP contribution in [-0.4, -0.2) is 55.7 Å². The Morgan fingerprint density at radius 1 is 1.11 bits per heavy atom. The Bertz CT molecular complexity index is 1160. The summed E-state index contributed by atoms with van der Waals surface area (Å²) in [4.78, 5) is 25.8. The SMILES string of the molecule is Cc1cc2c(N3CCN(c4sc(S(C)(=O)=O)cc4[N+](=O)[O-])CC3)ncnc2s1. The standard InChI is InChI=1S/C16H17N5O4S3/c1-10-7-11-14(17-9-18-15(11)26-10)19-3-5-20(6-4-19)16-12(21(22)23)8-13(27-16)28(2,24)25/h7-9H,3-6H2,1-2H3. The van der Waals surface area contributed by atoms with E-state index in [1.807, 2.05) is 11.8 Å². The largest absolute Gasteiger partial charge is 0.354 e. The first-order valence-electron chi connectivity index (χ1n) is 8.43. The van der Waals surface area contributed by atoms with Gasteiger partial charge in [0.1, 0.15) is 21.2 Å². The lowest BCUT2D eigenvalue weighted by atomic mass is 10.2. The highest BCUT2D eigenvalue weighted by molar-refractivity contribution is 7.92. The summed E-state index contributed by atoms with van der Waals surface area (Å²) >= 11 is 2.58. The van der Waals surface area contributed by atoms with Gasteiger partial charge in [-0.2, -0.15) is 0 Å². The van der Waals surface area contributed by atoms with Crippen molar-refractivity contribution < 1.29 is 13.3 Å². The lowest BCUT2D eigenvalue weighted by Crippen LogP contribution is -2.46. The number of sulfone groups is 1. The van der Waals surface area contributed by atoms with Crippen molar-refractivity contribution in [1.29, 1.82) is 0 Å². The van der Waals surface area contributed by atoms with Gasteiger partial charge in [0.25, 0.3) is 0 Å². The van der Waals surface area contributed by atoms with Crippen LogP contribution in [0.25, 0.3) is 10.2 Å². The number of aromatic nitrogens is 2. The number of fused-ring (bicyclic) bond motifs is 1. The molecular weight excluding hydrogens is 422 g/mol. The van der Waals surface area contributed by atoms with E-state index < -0.39 is 14.8 Å². The van der Waals surface area contributed by atoms with Crippen LogP contribution in [0.5, 0.6) is 0 Å². The molecule has 1 saturated heterocycles. The molecule has 0 bridgehead atoms. The van der Waals surface area contributed by atoms with E-state index in [4.69, 9.17) is 0 Å². The maximum atomic E-state index is 11.8. The molecular formula is C16H17N5O4S3. The molecule has 0 aliphatic carbocycles. The van der Waals surface area contributed by atoms with Crippen molar-refractivity contribution in [3.8, 4) is 0 Å². The van der Waals surface area contributed by atoms with Crippen molar-refractivity contribution in [1.82, 2.24) is 9.97 Å². The zero-order valence-electron chi connectivity index (χ0n) is 15.2. The Labute approximate surface area is 169 Å². The van der Waals surface area contributed by atoms with Gasteiger partial charge < -0.3 is 9.80 Å². The smallest absolute Gasteiger partial charge is 0.305 e. The van der Waals surface area contributed by atoms with Gasteiger partial charge in [-0.05, 0) is 13.0 Å². The van der Waals surface area contributed by atoms with Crippen LogP contribution in [0.2, 0.25) is 0 Å². The van der Waals surface area contributed by atoms with Crippen molar-refractivity contribution in [3.63, 3.8) is 0 Å². The molecule has 12 heteroatoms. The van der Waals surface area contributed by atoms with Crippen LogP contribution in [0, 0.1) is 17.0 Å². The molecule has 0 N–H and O–H groups in total. The first-order valence-corrected chi connectivity index (χ1v) is 12.0. The molecule has 3 aromatic heterocycles. The monoisotopic (exact) mass is 439 g/mol. The minimum Gasteiger partial charge on any atom is -0.354 e. The van der Waals surface area contributed by atoms with Crippen LogP contribution in [-0.2, 0) is 9.84 Å². The first kappa shape index (κ1) is 19.0. The molecule has 9 nitrogen and oxygen atoms in total. The van der Waals surface area contributed by atoms with Gasteiger partial charge in [-0.3, -0.25) is 10.1 Å². The quantitative estimate of drug-likeness (QED) is 0.451. The number of thiophene rings is 2. The molecule has 28 heavy (non-hydrogen) atoms. The van der Waals surface area contributed by atoms with E-state index in [0.717, 1.165) is 44.6 Å². The Hall–Kier alpha value is -2.31. The molecule has 1 aliphatic rings. The Morgan fingerprint density at radius 2 is 1.79 bits per heavy atom. The third-order valence-corrected chi connectivity index (χ3v) is 8.48. The molecule has 3 aromatic rings. The van der Waals surface area contributed by atoms with Crippen LogP contribution in [0.4, 0.5) is 16.5 Å². The third kappa shape index (κ3) is 3.42. The van der Waals surface area contributed by atoms with Gasteiger partial charge in [-0.15, -0.1) is 11.3 Å². The van der Waals surface area contributed by atoms with Gasteiger partial charge in [0.05, 0.1) is 10.3 Å². The van der Waals surface area contributed by atoms with Crippen LogP contribution < -0.4 is 9.80 Å². The summed E-state index contributed by atoms with van der Waals surface area (Å²) in [6.45, 7) is 4.37. The Kier molecular flexibility index (Phi) is 4.71. The molecule has 0 spiro atoms. The van der Waals surface area contributed by atoms with E-state index in [2.05, 4.69) is 20.9 Å². The summed E-state index contributed by atoms with van der Waals surface area (Å²) in [6.07, 6.45) is 2.62. The highest BCUT2D eigenvalue weighted by Gasteiger charge is 2.30. The Balaban J connectivity index is 1.59. The highest BCUT2D eigenvalue weighted by atomic mass is 32.2. The third-order valence-electron chi connectivity index (χ3n) is 4.53. The van der Waals surface area contributed by atoms with Crippen molar-refractivity contribution in [3.05, 3.63) is 33.5 Å². The van der Waals surface area contributed by atoms with Gasteiger partial charge in [0.2, 0.25) is 0 Å². The van der Waals surface area contributed by atoms with Crippen molar-refractivity contribution >= 4 is 59.2 Å². The van der Waals surface area contributed by atoms with E-state index in [1.165, 1.54) is 0 Å². The van der Waals surface area contributed by atoms with Crippen LogP contribution in [0.1, 0.15) is 4.88 Å². The van der Waals surface area contributed by atoms with Crippen LogP contribution in [0.3, 0.4) is 0 Å². The summed E-state index contributed by atoms with van der Waals surface area (Å²) in [7, 11) is -3.49. The number of piperazine rings is 1. The molecule has 0 amide bonds. The van der Waals surface area contributed by atoms with E-state index in [0.29, 0.717) is 31.2 Å². The highest BCUT2D eigenvalue weighted by Crippen LogP contribution is 2.40. The summed E-state index contributed by atoms with van der Waals surface area (Å²) in [5, 5.41) is 12.8. The number of nitro groups is 1. The summed E-state index contributed by atoms with van der Waals surface area (Å²) in [5.74, 6) is 0.867. The lowest BCUT2D eigenvalue weighted by molar-refractivity contribution is -0.383. The number of hydrogen-bond acceptors (Lipinski definition) is 10. The molecule has 0 aromatic carbocycles. The van der Waals surface area contributed by atoms with Crippen LogP contribution >= 0.6 is 22.7 Å². The molecule has 1 aliphatic heterocycles. The fourth-order valence-corrected chi connectivity index (χ4v) is 6.15. The van der Waals surface area contributed by atoms with Gasteiger partial charge in [0.15, 0.2) is 14.8 Å². The number of aryl methyl sites for hydroxylation is 1. The first-order chi connectivity index (χ1) is 13.2. The van der Waals surface area contributed by atoms with Gasteiger partial charge >= 0.3 is 5.69 Å². The van der Waals surface area contributed by atoms with Gasteiger partial charge in [-0.25, -0.2) is 18.4 Å². The summed E-state index contributed by atoms with van der Waals surface area (Å²) < 4.78 is 23.6. The number of nitrogens with zero attached hydrogens (tertiary/aromatic N) is 5. The normalized spacial score (nSPS) is 15.4. The molecule has 0 unspecified atom stereocenters. The van der Waals surface area contributed by atoms with E-state index in [-0.39, 0.29) is 9.90 Å². The fraction of sp³-hybridized carbons (Fsp3) is 0.375. The topological polar surface area (TPSA) is 110 Å². The molecule has 4 heterocycles.